The molecule has 3 N–H and O–H groups in total. The van der Waals surface area contributed by atoms with Crippen molar-refractivity contribution >= 4 is 13.5 Å². The van der Waals surface area contributed by atoms with Crippen LogP contribution in [0.2, 0.25) is 0 Å². The standard InChI is InChI=1S/C11H23N2O4P/c1-3-16-18(15,17-4-2)8-11(14)13-10-6-5-9(12)7-10/h9-10H,3-8,12H2,1-2H3,(H,13,14)/t9-,10+/m0/s1. The quantitative estimate of drug-likeness (QED) is 0.684. The monoisotopic (exact) mass is 278 g/mol. The van der Waals surface area contributed by atoms with E-state index < -0.39 is 7.60 Å². The molecule has 0 aromatic carbocycles. The minimum Gasteiger partial charge on any atom is -0.353 e. The Kier molecular flexibility index (Phi) is 6.29. The van der Waals surface area contributed by atoms with E-state index in [0.29, 0.717) is 0 Å². The number of nitrogens with two attached hydrogens (primary N) is 1. The Balaban J connectivity index is 2.43. The summed E-state index contributed by atoms with van der Waals surface area (Å²) in [5, 5.41) is 2.83. The van der Waals surface area contributed by atoms with Crippen molar-refractivity contribution in [3.8, 4) is 0 Å². The Morgan fingerprint density at radius 2 is 1.94 bits per heavy atom. The van der Waals surface area contributed by atoms with Gasteiger partial charge in [0.15, 0.2) is 0 Å². The summed E-state index contributed by atoms with van der Waals surface area (Å²) in [6.07, 6.45) is 2.35. The Morgan fingerprint density at radius 3 is 2.39 bits per heavy atom. The van der Waals surface area contributed by atoms with E-state index in [1.54, 1.807) is 13.8 Å². The van der Waals surface area contributed by atoms with Crippen molar-refractivity contribution in [1.29, 1.82) is 0 Å². The van der Waals surface area contributed by atoms with Crippen LogP contribution in [0.3, 0.4) is 0 Å². The van der Waals surface area contributed by atoms with Crippen molar-refractivity contribution in [2.75, 3.05) is 19.4 Å². The predicted molar refractivity (Wildman–Crippen MR) is 69.5 cm³/mol. The molecule has 0 aromatic heterocycles. The molecule has 0 bridgehead atoms. The summed E-state index contributed by atoms with van der Waals surface area (Å²) in [6, 6.07) is 0.241. The summed E-state index contributed by atoms with van der Waals surface area (Å²) in [5.41, 5.74) is 5.77. The largest absolute Gasteiger partial charge is 0.353 e. The number of hydrogen-bond acceptors (Lipinski definition) is 5. The first-order chi connectivity index (χ1) is 8.49. The summed E-state index contributed by atoms with van der Waals surface area (Å²) in [4.78, 5) is 11.8. The second-order valence-corrected chi connectivity index (χ2v) is 6.50. The first kappa shape index (κ1) is 15.6. The van der Waals surface area contributed by atoms with Crippen LogP contribution in [-0.4, -0.2) is 37.4 Å². The topological polar surface area (TPSA) is 90.7 Å². The molecule has 0 aromatic rings. The van der Waals surface area contributed by atoms with Gasteiger partial charge in [-0.1, -0.05) is 0 Å². The van der Waals surface area contributed by atoms with E-state index in [1.807, 2.05) is 0 Å². The van der Waals surface area contributed by atoms with Gasteiger partial charge in [0.2, 0.25) is 5.91 Å². The molecule has 0 spiro atoms. The number of rotatable bonds is 7. The van der Waals surface area contributed by atoms with Gasteiger partial charge in [-0.15, -0.1) is 0 Å². The van der Waals surface area contributed by atoms with E-state index >= 15 is 0 Å². The number of amides is 1. The summed E-state index contributed by atoms with van der Waals surface area (Å²) in [7, 11) is -3.29. The van der Waals surface area contributed by atoms with Crippen LogP contribution < -0.4 is 11.1 Å². The van der Waals surface area contributed by atoms with E-state index in [9.17, 15) is 9.36 Å². The molecular weight excluding hydrogens is 255 g/mol. The van der Waals surface area contributed by atoms with Crippen LogP contribution >= 0.6 is 7.60 Å². The molecule has 1 saturated carbocycles. The molecule has 7 heteroatoms. The highest BCUT2D eigenvalue weighted by atomic mass is 31.2. The Morgan fingerprint density at radius 1 is 1.33 bits per heavy atom. The smallest absolute Gasteiger partial charge is 0.340 e. The number of hydrogen-bond donors (Lipinski definition) is 2. The van der Waals surface area contributed by atoms with Crippen LogP contribution in [0.1, 0.15) is 33.1 Å². The van der Waals surface area contributed by atoms with Gasteiger partial charge < -0.3 is 20.1 Å². The van der Waals surface area contributed by atoms with E-state index in [2.05, 4.69) is 5.32 Å². The average Bonchev–Trinajstić information content (AvgIpc) is 2.63. The molecule has 1 aliphatic rings. The highest BCUT2D eigenvalue weighted by Crippen LogP contribution is 2.47. The van der Waals surface area contributed by atoms with E-state index in [-0.39, 0.29) is 37.4 Å². The van der Waals surface area contributed by atoms with Crippen LogP contribution in [0.4, 0.5) is 0 Å². The van der Waals surface area contributed by atoms with Crippen molar-refractivity contribution in [3.63, 3.8) is 0 Å². The van der Waals surface area contributed by atoms with E-state index in [1.165, 1.54) is 0 Å². The van der Waals surface area contributed by atoms with Gasteiger partial charge in [-0.05, 0) is 33.1 Å². The highest BCUT2D eigenvalue weighted by molar-refractivity contribution is 7.54. The number of nitrogens with one attached hydrogen (secondary N) is 1. The fourth-order valence-corrected chi connectivity index (χ4v) is 3.61. The molecule has 0 unspecified atom stereocenters. The van der Waals surface area contributed by atoms with Gasteiger partial charge in [0.25, 0.3) is 0 Å². The molecular formula is C11H23N2O4P. The summed E-state index contributed by atoms with van der Waals surface area (Å²) >= 11 is 0. The van der Waals surface area contributed by atoms with E-state index in [4.69, 9.17) is 14.8 Å². The molecule has 1 fully saturated rings. The minimum absolute atomic E-state index is 0.0872. The van der Waals surface area contributed by atoms with Gasteiger partial charge >= 0.3 is 7.60 Å². The fourth-order valence-electron chi connectivity index (χ4n) is 2.12. The van der Waals surface area contributed by atoms with Crippen molar-refractivity contribution in [2.24, 2.45) is 5.73 Å². The number of carbonyl (C=O) groups is 1. The van der Waals surface area contributed by atoms with Gasteiger partial charge in [-0.3, -0.25) is 9.36 Å². The SMILES string of the molecule is CCOP(=O)(CC(=O)N[C@@H]1CC[C@H](N)C1)OCC. The van der Waals surface area contributed by atoms with Crippen LogP contribution in [0, 0.1) is 0 Å². The molecule has 0 saturated heterocycles. The van der Waals surface area contributed by atoms with Crippen LogP contribution in [-0.2, 0) is 18.4 Å². The lowest BCUT2D eigenvalue weighted by Gasteiger charge is -2.18. The molecule has 1 rings (SSSR count). The maximum absolute atomic E-state index is 12.1. The van der Waals surface area contributed by atoms with Gasteiger partial charge in [0.05, 0.1) is 13.2 Å². The van der Waals surface area contributed by atoms with Crippen molar-refractivity contribution < 1.29 is 18.4 Å². The zero-order valence-corrected chi connectivity index (χ0v) is 11.9. The second kappa shape index (κ2) is 7.24. The maximum Gasteiger partial charge on any atom is 0.340 e. The molecule has 18 heavy (non-hydrogen) atoms. The van der Waals surface area contributed by atoms with Crippen molar-refractivity contribution in [3.05, 3.63) is 0 Å². The Labute approximate surface area is 108 Å². The summed E-state index contributed by atoms with van der Waals surface area (Å²) < 4.78 is 22.3. The molecule has 1 amide bonds. The molecule has 0 aliphatic heterocycles. The third kappa shape index (κ3) is 5.06. The second-order valence-electron chi connectivity index (χ2n) is 4.44. The maximum atomic E-state index is 12.1. The lowest BCUT2D eigenvalue weighted by Crippen LogP contribution is -2.36. The fraction of sp³-hybridized carbons (Fsp3) is 0.909. The lowest BCUT2D eigenvalue weighted by molar-refractivity contribution is -0.119. The Hall–Kier alpha value is -0.420. The van der Waals surface area contributed by atoms with Gasteiger partial charge in [-0.25, -0.2) is 0 Å². The van der Waals surface area contributed by atoms with Crippen LogP contribution in [0.15, 0.2) is 0 Å². The third-order valence-corrected chi connectivity index (χ3v) is 4.80. The molecule has 106 valence electrons. The molecule has 1 aliphatic carbocycles. The Bertz CT molecular complexity index is 314. The lowest BCUT2D eigenvalue weighted by atomic mass is 10.2. The van der Waals surface area contributed by atoms with E-state index in [0.717, 1.165) is 19.3 Å². The number of carbonyl (C=O) groups excluding carboxylic acids is 1. The third-order valence-electron chi connectivity index (χ3n) is 2.83. The first-order valence-electron chi connectivity index (χ1n) is 6.42. The van der Waals surface area contributed by atoms with Gasteiger partial charge in [0, 0.05) is 12.1 Å². The molecule has 0 radical (unpaired) electrons. The van der Waals surface area contributed by atoms with Gasteiger partial charge in [-0.2, -0.15) is 0 Å². The predicted octanol–water partition coefficient (Wildman–Crippen LogP) is 1.25. The zero-order valence-electron chi connectivity index (χ0n) is 11.1. The highest BCUT2D eigenvalue weighted by Gasteiger charge is 2.30. The molecule has 0 heterocycles. The van der Waals surface area contributed by atoms with Crippen LogP contribution in [0.5, 0.6) is 0 Å². The average molecular weight is 278 g/mol. The first-order valence-corrected chi connectivity index (χ1v) is 8.15. The summed E-state index contributed by atoms with van der Waals surface area (Å²) in [5.74, 6) is -0.292. The summed E-state index contributed by atoms with van der Waals surface area (Å²) in [6.45, 7) is 3.97. The minimum atomic E-state index is -3.29. The van der Waals surface area contributed by atoms with Crippen LogP contribution in [0.25, 0.3) is 0 Å². The van der Waals surface area contributed by atoms with Gasteiger partial charge in [0.1, 0.15) is 6.16 Å². The normalized spacial score (nSPS) is 24.2. The molecule has 6 nitrogen and oxygen atoms in total. The molecule has 2 atom stereocenters. The van der Waals surface area contributed by atoms with Crippen molar-refractivity contribution in [1.82, 2.24) is 5.32 Å². The zero-order chi connectivity index (χ0) is 13.6. The van der Waals surface area contributed by atoms with Crippen molar-refractivity contribution in [2.45, 2.75) is 45.2 Å².